The Morgan fingerprint density at radius 3 is 1.80 bits per heavy atom. The maximum atomic E-state index is 13.2. The number of nitriles is 2. The number of hydrogen-bond donors (Lipinski definition) is 1. The van der Waals surface area contributed by atoms with Crippen molar-refractivity contribution in [1.29, 1.82) is 10.5 Å². The molecule has 2 saturated heterocycles. The van der Waals surface area contributed by atoms with E-state index in [2.05, 4.69) is 0 Å². The van der Waals surface area contributed by atoms with Gasteiger partial charge in [0, 0.05) is 5.69 Å². The highest BCUT2D eigenvalue weighted by Crippen LogP contribution is 2.45. The molecule has 2 amide bonds. The molecule has 2 aliphatic rings. The maximum Gasteiger partial charge on any atom is 0.334 e. The number of nitrogens with zero attached hydrogens (tertiary/aromatic N) is 5. The predicted molar refractivity (Wildman–Crippen MR) is 81.1 cm³/mol. The number of nitrogen functional groups attached to an aromatic ring is 1. The number of amides is 2. The summed E-state index contributed by atoms with van der Waals surface area (Å²) in [6.07, 6.45) is 0.637. The summed E-state index contributed by atoms with van der Waals surface area (Å²) in [6, 6.07) is 7.08. The molecule has 25 heavy (non-hydrogen) atoms. The molecule has 2 heterocycles. The highest BCUT2D eigenvalue weighted by Gasteiger charge is 2.80. The number of anilines is 1. The Labute approximate surface area is 143 Å². The van der Waals surface area contributed by atoms with Crippen LogP contribution in [0.3, 0.4) is 0 Å². The Bertz CT molecular complexity index is 894. The summed E-state index contributed by atoms with van der Waals surface area (Å²) >= 11 is 0. The maximum absolute atomic E-state index is 13.2. The molecule has 128 valence electrons. The Morgan fingerprint density at radius 2 is 1.48 bits per heavy atom. The van der Waals surface area contributed by atoms with Crippen molar-refractivity contribution in [2.45, 2.75) is 17.0 Å². The van der Waals surface area contributed by atoms with Crippen molar-refractivity contribution in [2.75, 3.05) is 18.8 Å². The molecule has 0 radical (unpaired) electrons. The zero-order valence-corrected chi connectivity index (χ0v) is 13.7. The SMILES string of the molecule is N#CC1C[N+]1(C=O)N([N+]1(C=O)CC1C#N)S(=O)(=O)c1ccc(N)cc1. The highest BCUT2D eigenvalue weighted by molar-refractivity contribution is 7.88. The number of carbonyl (C=O) groups excluding carboxylic acids is 2. The summed E-state index contributed by atoms with van der Waals surface area (Å²) in [5, 5.41) is 18.3. The van der Waals surface area contributed by atoms with Gasteiger partial charge in [0.25, 0.3) is 12.1 Å². The van der Waals surface area contributed by atoms with Gasteiger partial charge < -0.3 is 5.73 Å². The lowest BCUT2D eigenvalue weighted by molar-refractivity contribution is -1.06. The van der Waals surface area contributed by atoms with Gasteiger partial charge in [-0.15, -0.1) is 0 Å². The monoisotopic (exact) mass is 362 g/mol. The van der Waals surface area contributed by atoms with E-state index in [1.807, 2.05) is 12.1 Å². The molecule has 2 N–H and O–H groups in total. The van der Waals surface area contributed by atoms with Gasteiger partial charge in [-0.25, -0.2) is 9.59 Å². The van der Waals surface area contributed by atoms with Crippen molar-refractivity contribution in [1.82, 2.24) is 4.52 Å². The molecule has 2 aliphatic heterocycles. The molecule has 1 aromatic carbocycles. The Morgan fingerprint density at radius 1 is 1.04 bits per heavy atom. The predicted octanol–water partition coefficient (Wildman–Crippen LogP) is -1.15. The molecule has 0 aromatic heterocycles. The van der Waals surface area contributed by atoms with Gasteiger partial charge in [0.05, 0.1) is 4.90 Å². The fourth-order valence-electron chi connectivity index (χ4n) is 2.88. The van der Waals surface area contributed by atoms with Gasteiger partial charge in [0.1, 0.15) is 16.7 Å². The molecule has 10 nitrogen and oxygen atoms in total. The van der Waals surface area contributed by atoms with E-state index < -0.39 is 31.3 Å². The van der Waals surface area contributed by atoms with Crippen LogP contribution in [0.5, 0.6) is 0 Å². The van der Waals surface area contributed by atoms with Crippen LogP contribution in [0.4, 0.5) is 5.69 Å². The van der Waals surface area contributed by atoms with Gasteiger partial charge >= 0.3 is 22.8 Å². The third-order valence-corrected chi connectivity index (χ3v) is 6.34. The first kappa shape index (κ1) is 17.0. The van der Waals surface area contributed by atoms with E-state index >= 15 is 0 Å². The number of rotatable bonds is 6. The van der Waals surface area contributed by atoms with Crippen LogP contribution < -0.4 is 5.73 Å². The summed E-state index contributed by atoms with van der Waals surface area (Å²) in [7, 11) is -4.36. The fraction of sp³-hybridized carbons (Fsp3) is 0.286. The van der Waals surface area contributed by atoms with Crippen molar-refractivity contribution >= 4 is 28.5 Å². The molecule has 4 atom stereocenters. The first-order chi connectivity index (χ1) is 11.8. The molecule has 11 heteroatoms. The van der Waals surface area contributed by atoms with Crippen molar-refractivity contribution in [3.05, 3.63) is 24.3 Å². The highest BCUT2D eigenvalue weighted by atomic mass is 32.2. The third kappa shape index (κ3) is 2.22. The van der Waals surface area contributed by atoms with Crippen LogP contribution in [0.2, 0.25) is 0 Å². The molecule has 3 rings (SSSR count). The normalized spacial score (nSPS) is 33.1. The topological polar surface area (TPSA) is 145 Å². The largest absolute Gasteiger partial charge is 0.399 e. The molecular formula is C14H14N6O4S+2. The van der Waals surface area contributed by atoms with E-state index in [9.17, 15) is 18.0 Å². The van der Waals surface area contributed by atoms with Gasteiger partial charge in [-0.3, -0.25) is 0 Å². The molecule has 0 aliphatic carbocycles. The Balaban J connectivity index is 2.18. The lowest BCUT2D eigenvalue weighted by Crippen LogP contribution is -2.61. The second kappa shape index (κ2) is 5.34. The van der Waals surface area contributed by atoms with E-state index in [4.69, 9.17) is 16.3 Å². The standard InChI is InChI=1S/C14H14N6O4S/c15-5-12-7-19(12,9-21)18(20(10-22)8-13(20)6-16)25(23,24)14-3-1-11(17)2-4-14/h1-4,9-10,12-13H,7-8,17H2/q+2. The molecule has 1 aromatic rings. The van der Waals surface area contributed by atoms with Crippen LogP contribution in [-0.4, -0.2) is 60.1 Å². The summed E-state index contributed by atoms with van der Waals surface area (Å²) < 4.78 is 25.3. The molecule has 4 unspecified atom stereocenters. The van der Waals surface area contributed by atoms with Gasteiger partial charge in [0.2, 0.25) is 0 Å². The van der Waals surface area contributed by atoms with Gasteiger partial charge in [0.15, 0.2) is 13.1 Å². The Hall–Kier alpha value is -2.83. The summed E-state index contributed by atoms with van der Waals surface area (Å²) in [5.74, 6) is 0. The number of benzene rings is 1. The van der Waals surface area contributed by atoms with Crippen LogP contribution in [-0.2, 0) is 19.6 Å². The van der Waals surface area contributed by atoms with Crippen LogP contribution in [0.15, 0.2) is 29.2 Å². The molecule has 0 bridgehead atoms. The lowest BCUT2D eigenvalue weighted by atomic mass is 10.3. The van der Waals surface area contributed by atoms with E-state index in [1.54, 1.807) is 0 Å². The second-order valence-corrected chi connectivity index (χ2v) is 7.68. The summed E-state index contributed by atoms with van der Waals surface area (Å²) in [6.45, 7) is -0.166. The van der Waals surface area contributed by atoms with Crippen LogP contribution in [0, 0.1) is 22.7 Å². The molecular weight excluding hydrogens is 348 g/mol. The average Bonchev–Trinajstić information content (AvgIpc) is 3.50. The number of carbonyl (C=O) groups is 2. The molecule has 0 saturated carbocycles. The zero-order valence-electron chi connectivity index (χ0n) is 12.9. The summed E-state index contributed by atoms with van der Waals surface area (Å²) in [5.41, 5.74) is 5.91. The van der Waals surface area contributed by atoms with E-state index in [1.165, 1.54) is 24.3 Å². The zero-order chi connectivity index (χ0) is 18.5. The van der Waals surface area contributed by atoms with Gasteiger partial charge in [-0.05, 0) is 24.3 Å². The first-order valence-corrected chi connectivity index (χ1v) is 8.65. The third-order valence-electron chi connectivity index (χ3n) is 4.44. The van der Waals surface area contributed by atoms with Crippen molar-refractivity contribution in [3.8, 4) is 12.1 Å². The second-order valence-electron chi connectivity index (χ2n) is 5.94. The minimum atomic E-state index is -4.36. The lowest BCUT2D eigenvalue weighted by Gasteiger charge is -2.27. The smallest absolute Gasteiger partial charge is 0.334 e. The number of quaternary nitrogens is 2. The fourth-order valence-corrected chi connectivity index (χ4v) is 4.78. The van der Waals surface area contributed by atoms with Gasteiger partial charge in [-0.2, -0.15) is 18.9 Å². The first-order valence-electron chi connectivity index (χ1n) is 7.21. The van der Waals surface area contributed by atoms with Crippen LogP contribution >= 0.6 is 0 Å². The van der Waals surface area contributed by atoms with Crippen molar-refractivity contribution in [2.24, 2.45) is 0 Å². The molecule has 2 fully saturated rings. The average molecular weight is 362 g/mol. The van der Waals surface area contributed by atoms with Crippen LogP contribution in [0.25, 0.3) is 0 Å². The minimum absolute atomic E-state index is 0.0831. The van der Waals surface area contributed by atoms with Gasteiger partial charge in [-0.1, -0.05) is 9.18 Å². The summed E-state index contributed by atoms with van der Waals surface area (Å²) in [4.78, 5) is 23.2. The van der Waals surface area contributed by atoms with E-state index in [-0.39, 0.29) is 18.0 Å². The van der Waals surface area contributed by atoms with Crippen molar-refractivity contribution < 1.29 is 27.2 Å². The van der Waals surface area contributed by atoms with E-state index in [0.717, 1.165) is 0 Å². The number of sulfonamides is 1. The number of nitrogens with two attached hydrogens (primary N) is 1. The molecule has 0 spiro atoms. The quantitative estimate of drug-likeness (QED) is 0.291. The Kier molecular flexibility index (Phi) is 3.63. The van der Waals surface area contributed by atoms with E-state index in [0.29, 0.717) is 23.0 Å². The number of hydrogen-bond acceptors (Lipinski definition) is 7. The van der Waals surface area contributed by atoms with Crippen LogP contribution in [0.1, 0.15) is 0 Å². The van der Waals surface area contributed by atoms with Crippen molar-refractivity contribution in [3.63, 3.8) is 0 Å². The minimum Gasteiger partial charge on any atom is -0.399 e.